The standard InChI is InChI=1S/C13H16Cl2N2O2S/c1-18-5-6-19-4-2-3-17-12-8-10(15)9(14)7-11(12)16-13(17)20/h7-8H,2-6H2,1H3,(H,16,20). The maximum absolute atomic E-state index is 6.06. The first-order chi connectivity index (χ1) is 9.63. The summed E-state index contributed by atoms with van der Waals surface area (Å²) < 4.78 is 13.0. The van der Waals surface area contributed by atoms with Gasteiger partial charge in [0.2, 0.25) is 0 Å². The highest BCUT2D eigenvalue weighted by atomic mass is 35.5. The first kappa shape index (κ1) is 15.8. The molecule has 1 aromatic heterocycles. The molecule has 110 valence electrons. The highest BCUT2D eigenvalue weighted by Crippen LogP contribution is 2.27. The topological polar surface area (TPSA) is 39.2 Å². The number of imidazole rings is 1. The van der Waals surface area contributed by atoms with E-state index in [1.54, 1.807) is 13.2 Å². The molecule has 0 saturated heterocycles. The highest BCUT2D eigenvalue weighted by molar-refractivity contribution is 7.71. The molecule has 7 heteroatoms. The number of fused-ring (bicyclic) bond motifs is 1. The summed E-state index contributed by atoms with van der Waals surface area (Å²) in [5.41, 5.74) is 1.85. The largest absolute Gasteiger partial charge is 0.382 e. The third-order valence-electron chi connectivity index (χ3n) is 2.92. The first-order valence-electron chi connectivity index (χ1n) is 6.27. The Hall–Kier alpha value is -0.590. The molecule has 0 amide bonds. The number of nitrogens with one attached hydrogen (secondary N) is 1. The molecular weight excluding hydrogens is 319 g/mol. The van der Waals surface area contributed by atoms with Gasteiger partial charge in [-0.15, -0.1) is 0 Å². The normalized spacial score (nSPS) is 11.3. The van der Waals surface area contributed by atoms with Gasteiger partial charge in [0.1, 0.15) is 0 Å². The Kier molecular flexibility index (Phi) is 5.86. The average Bonchev–Trinajstić information content (AvgIpc) is 2.70. The number of aryl methyl sites for hydroxylation is 1. The Morgan fingerprint density at radius 1 is 1.20 bits per heavy atom. The molecule has 2 aromatic rings. The lowest BCUT2D eigenvalue weighted by atomic mass is 10.3. The van der Waals surface area contributed by atoms with Gasteiger partial charge in [-0.3, -0.25) is 0 Å². The molecule has 1 aromatic carbocycles. The first-order valence-corrected chi connectivity index (χ1v) is 7.44. The number of methoxy groups -OCH3 is 1. The maximum Gasteiger partial charge on any atom is 0.178 e. The second kappa shape index (κ2) is 7.43. The summed E-state index contributed by atoms with van der Waals surface area (Å²) in [6.45, 7) is 2.65. The molecule has 0 fully saturated rings. The minimum Gasteiger partial charge on any atom is -0.382 e. The fourth-order valence-electron chi connectivity index (χ4n) is 1.94. The Balaban J connectivity index is 2.04. The van der Waals surface area contributed by atoms with Crippen molar-refractivity contribution in [1.29, 1.82) is 0 Å². The van der Waals surface area contributed by atoms with E-state index in [1.807, 2.05) is 10.6 Å². The predicted molar refractivity (Wildman–Crippen MR) is 84.5 cm³/mol. The second-order valence-corrected chi connectivity index (χ2v) is 5.53. The van der Waals surface area contributed by atoms with Gasteiger partial charge in [0, 0.05) is 20.3 Å². The summed E-state index contributed by atoms with van der Waals surface area (Å²) in [5.74, 6) is 0. The molecule has 1 N–H and O–H groups in total. The fraction of sp³-hybridized carbons (Fsp3) is 0.462. The molecular formula is C13H16Cl2N2O2S. The Bertz CT molecular complexity index is 639. The van der Waals surface area contributed by atoms with Crippen LogP contribution >= 0.6 is 35.4 Å². The number of benzene rings is 1. The van der Waals surface area contributed by atoms with Crippen LogP contribution in [0.5, 0.6) is 0 Å². The van der Waals surface area contributed by atoms with Gasteiger partial charge in [-0.2, -0.15) is 0 Å². The van der Waals surface area contributed by atoms with Gasteiger partial charge in [0.25, 0.3) is 0 Å². The number of H-pyrrole nitrogens is 1. The fourth-order valence-corrected chi connectivity index (χ4v) is 2.56. The van der Waals surface area contributed by atoms with Gasteiger partial charge < -0.3 is 19.0 Å². The molecule has 1 heterocycles. The van der Waals surface area contributed by atoms with Gasteiger partial charge in [0.15, 0.2) is 4.77 Å². The molecule has 4 nitrogen and oxygen atoms in total. The van der Waals surface area contributed by atoms with Gasteiger partial charge in [-0.05, 0) is 30.8 Å². The van der Waals surface area contributed by atoms with E-state index in [0.717, 1.165) is 24.0 Å². The van der Waals surface area contributed by atoms with E-state index in [2.05, 4.69) is 4.98 Å². The molecule has 0 atom stereocenters. The summed E-state index contributed by atoms with van der Waals surface area (Å²) in [4.78, 5) is 3.13. The second-order valence-electron chi connectivity index (χ2n) is 4.32. The lowest BCUT2D eigenvalue weighted by Gasteiger charge is -2.06. The number of hydrogen-bond acceptors (Lipinski definition) is 3. The van der Waals surface area contributed by atoms with Crippen molar-refractivity contribution >= 4 is 46.5 Å². The van der Waals surface area contributed by atoms with Crippen LogP contribution in [0.25, 0.3) is 11.0 Å². The van der Waals surface area contributed by atoms with Crippen LogP contribution in [0, 0.1) is 4.77 Å². The number of halogens is 2. The summed E-state index contributed by atoms with van der Waals surface area (Å²) in [5, 5.41) is 1.05. The van der Waals surface area contributed by atoms with E-state index < -0.39 is 0 Å². The van der Waals surface area contributed by atoms with Crippen LogP contribution in [0.1, 0.15) is 6.42 Å². The van der Waals surface area contributed by atoms with E-state index in [0.29, 0.717) is 34.6 Å². The molecule has 0 aliphatic carbocycles. The lowest BCUT2D eigenvalue weighted by molar-refractivity contribution is 0.0681. The highest BCUT2D eigenvalue weighted by Gasteiger charge is 2.08. The molecule has 20 heavy (non-hydrogen) atoms. The van der Waals surface area contributed by atoms with E-state index >= 15 is 0 Å². The third kappa shape index (κ3) is 3.74. The van der Waals surface area contributed by atoms with Crippen LogP contribution in [-0.2, 0) is 16.0 Å². The van der Waals surface area contributed by atoms with Crippen LogP contribution in [0.3, 0.4) is 0 Å². The van der Waals surface area contributed by atoms with Crippen LogP contribution < -0.4 is 0 Å². The Morgan fingerprint density at radius 2 is 1.95 bits per heavy atom. The number of nitrogens with zero attached hydrogens (tertiary/aromatic N) is 1. The summed E-state index contributed by atoms with van der Waals surface area (Å²) in [7, 11) is 1.66. The third-order valence-corrected chi connectivity index (χ3v) is 3.96. The number of hydrogen-bond donors (Lipinski definition) is 1. The molecule has 0 radical (unpaired) electrons. The van der Waals surface area contributed by atoms with Crippen molar-refractivity contribution in [3.8, 4) is 0 Å². The summed E-state index contributed by atoms with van der Waals surface area (Å²) in [6, 6.07) is 3.62. The number of ether oxygens (including phenoxy) is 2. The molecule has 2 rings (SSSR count). The van der Waals surface area contributed by atoms with E-state index in [1.165, 1.54) is 0 Å². The smallest absolute Gasteiger partial charge is 0.178 e. The number of aromatic nitrogens is 2. The number of aromatic amines is 1. The zero-order valence-electron chi connectivity index (χ0n) is 11.1. The minimum absolute atomic E-state index is 0.519. The zero-order valence-corrected chi connectivity index (χ0v) is 13.4. The summed E-state index contributed by atoms with van der Waals surface area (Å²) in [6.07, 6.45) is 0.866. The van der Waals surface area contributed by atoms with E-state index in [9.17, 15) is 0 Å². The van der Waals surface area contributed by atoms with Crippen LogP contribution in [0.4, 0.5) is 0 Å². The van der Waals surface area contributed by atoms with E-state index in [4.69, 9.17) is 44.9 Å². The Labute approximate surface area is 132 Å². The molecule has 0 unspecified atom stereocenters. The SMILES string of the molecule is COCCOCCCn1c(=S)[nH]c2cc(Cl)c(Cl)cc21. The molecule has 0 aliphatic rings. The molecule has 0 bridgehead atoms. The van der Waals surface area contributed by atoms with Crippen molar-refractivity contribution in [2.24, 2.45) is 0 Å². The van der Waals surface area contributed by atoms with Gasteiger partial charge in [0.05, 0.1) is 34.3 Å². The molecule has 0 aliphatic heterocycles. The van der Waals surface area contributed by atoms with Gasteiger partial charge >= 0.3 is 0 Å². The lowest BCUT2D eigenvalue weighted by Crippen LogP contribution is -2.06. The Morgan fingerprint density at radius 3 is 2.70 bits per heavy atom. The van der Waals surface area contributed by atoms with Crippen molar-refractivity contribution in [1.82, 2.24) is 9.55 Å². The maximum atomic E-state index is 6.06. The van der Waals surface area contributed by atoms with Crippen LogP contribution in [0.2, 0.25) is 10.0 Å². The monoisotopic (exact) mass is 334 g/mol. The van der Waals surface area contributed by atoms with Crippen LogP contribution in [0.15, 0.2) is 12.1 Å². The van der Waals surface area contributed by atoms with Crippen molar-refractivity contribution in [3.05, 3.63) is 26.9 Å². The van der Waals surface area contributed by atoms with Crippen molar-refractivity contribution in [3.63, 3.8) is 0 Å². The van der Waals surface area contributed by atoms with E-state index in [-0.39, 0.29) is 0 Å². The van der Waals surface area contributed by atoms with Crippen molar-refractivity contribution in [2.75, 3.05) is 26.9 Å². The van der Waals surface area contributed by atoms with Gasteiger partial charge in [-0.25, -0.2) is 0 Å². The zero-order chi connectivity index (χ0) is 14.5. The minimum atomic E-state index is 0.519. The predicted octanol–water partition coefficient (Wildman–Crippen LogP) is 4.06. The molecule has 0 saturated carbocycles. The summed E-state index contributed by atoms with van der Waals surface area (Å²) >= 11 is 17.4. The molecule has 0 spiro atoms. The number of rotatable bonds is 7. The quantitative estimate of drug-likeness (QED) is 0.613. The van der Waals surface area contributed by atoms with Crippen LogP contribution in [-0.4, -0.2) is 36.5 Å². The average molecular weight is 335 g/mol. The van der Waals surface area contributed by atoms with Crippen molar-refractivity contribution in [2.45, 2.75) is 13.0 Å². The van der Waals surface area contributed by atoms with Gasteiger partial charge in [-0.1, -0.05) is 23.2 Å². The van der Waals surface area contributed by atoms with Crippen molar-refractivity contribution < 1.29 is 9.47 Å².